The predicted molar refractivity (Wildman–Crippen MR) is 54.8 cm³/mol. The van der Waals surface area contributed by atoms with E-state index in [0.29, 0.717) is 25.9 Å². The van der Waals surface area contributed by atoms with E-state index >= 15 is 0 Å². The fraction of sp³-hybridized carbons (Fsp3) is 0.909. The van der Waals surface area contributed by atoms with Crippen LogP contribution in [0.5, 0.6) is 0 Å². The van der Waals surface area contributed by atoms with Crippen LogP contribution in [-0.2, 0) is 4.79 Å². The van der Waals surface area contributed by atoms with Gasteiger partial charge in [0.25, 0.3) is 0 Å². The van der Waals surface area contributed by atoms with Crippen LogP contribution in [0.2, 0.25) is 0 Å². The average Bonchev–Trinajstić information content (AvgIpc) is 2.15. The third kappa shape index (κ3) is 3.14. The monoisotopic (exact) mass is 219 g/mol. The summed E-state index contributed by atoms with van der Waals surface area (Å²) < 4.78 is 24.8. The Bertz CT molecular complexity index is 227. The van der Waals surface area contributed by atoms with Gasteiger partial charge < -0.3 is 4.90 Å². The zero-order valence-corrected chi connectivity index (χ0v) is 9.59. The van der Waals surface area contributed by atoms with E-state index in [9.17, 15) is 13.6 Å². The molecular formula is C11H19F2NO. The lowest BCUT2D eigenvalue weighted by Crippen LogP contribution is -2.45. The van der Waals surface area contributed by atoms with Gasteiger partial charge in [-0.2, -0.15) is 0 Å². The number of nitrogens with zero attached hydrogens (tertiary/aromatic N) is 1. The Labute approximate surface area is 89.6 Å². The van der Waals surface area contributed by atoms with Gasteiger partial charge in [0.05, 0.1) is 0 Å². The topological polar surface area (TPSA) is 20.3 Å². The summed E-state index contributed by atoms with van der Waals surface area (Å²) in [4.78, 5) is 13.5. The van der Waals surface area contributed by atoms with E-state index < -0.39 is 17.8 Å². The lowest BCUT2D eigenvalue weighted by atomic mass is 9.91. The third-order valence-corrected chi connectivity index (χ3v) is 2.82. The molecular weight excluding hydrogens is 200 g/mol. The molecule has 0 aromatic rings. The molecule has 0 spiro atoms. The lowest BCUT2D eigenvalue weighted by molar-refractivity contribution is -0.141. The van der Waals surface area contributed by atoms with Gasteiger partial charge in [-0.05, 0) is 12.8 Å². The van der Waals surface area contributed by atoms with Gasteiger partial charge in [-0.25, -0.2) is 8.78 Å². The molecule has 88 valence electrons. The molecule has 1 amide bonds. The molecule has 0 aliphatic carbocycles. The second kappa shape index (κ2) is 4.45. The molecule has 4 heteroatoms. The number of hydrogen-bond donors (Lipinski definition) is 0. The van der Waals surface area contributed by atoms with Gasteiger partial charge in [0.1, 0.15) is 0 Å². The lowest BCUT2D eigenvalue weighted by Gasteiger charge is -2.35. The van der Waals surface area contributed by atoms with E-state index in [2.05, 4.69) is 0 Å². The van der Waals surface area contributed by atoms with Gasteiger partial charge in [0.15, 0.2) is 0 Å². The molecule has 0 radical (unpaired) electrons. The van der Waals surface area contributed by atoms with E-state index in [1.54, 1.807) is 4.90 Å². The van der Waals surface area contributed by atoms with E-state index in [0.717, 1.165) is 0 Å². The Kier molecular flexibility index (Phi) is 3.68. The van der Waals surface area contributed by atoms with E-state index in [-0.39, 0.29) is 5.91 Å². The summed E-state index contributed by atoms with van der Waals surface area (Å²) in [6, 6.07) is 0. The Balaban J connectivity index is 2.48. The smallest absolute Gasteiger partial charge is 0.241 e. The molecule has 2 nitrogen and oxygen atoms in total. The highest BCUT2D eigenvalue weighted by Crippen LogP contribution is 2.26. The van der Waals surface area contributed by atoms with Crippen molar-refractivity contribution in [3.63, 3.8) is 0 Å². The predicted octanol–water partition coefficient (Wildman–Crippen LogP) is 2.54. The van der Waals surface area contributed by atoms with Crippen molar-refractivity contribution in [2.45, 2.75) is 40.0 Å². The Hall–Kier alpha value is -0.670. The van der Waals surface area contributed by atoms with Crippen molar-refractivity contribution in [3.8, 4) is 0 Å². The number of rotatable bonds is 1. The van der Waals surface area contributed by atoms with Crippen LogP contribution in [0.1, 0.15) is 33.6 Å². The van der Waals surface area contributed by atoms with Gasteiger partial charge in [-0.1, -0.05) is 20.8 Å². The van der Waals surface area contributed by atoms with Crippen molar-refractivity contribution in [2.75, 3.05) is 13.1 Å². The van der Waals surface area contributed by atoms with Crippen LogP contribution in [0.3, 0.4) is 0 Å². The molecule has 0 N–H and O–H groups in total. The van der Waals surface area contributed by atoms with Crippen LogP contribution < -0.4 is 0 Å². The third-order valence-electron chi connectivity index (χ3n) is 2.82. The molecule has 1 fully saturated rings. The van der Waals surface area contributed by atoms with Gasteiger partial charge in [-0.3, -0.25) is 4.79 Å². The van der Waals surface area contributed by atoms with Gasteiger partial charge >= 0.3 is 0 Å². The van der Waals surface area contributed by atoms with Gasteiger partial charge in [0.2, 0.25) is 12.3 Å². The Morgan fingerprint density at radius 3 is 2.07 bits per heavy atom. The van der Waals surface area contributed by atoms with Crippen LogP contribution in [0, 0.1) is 11.3 Å². The van der Waals surface area contributed by atoms with Gasteiger partial charge in [-0.15, -0.1) is 0 Å². The standard InChI is InChI=1S/C11H19F2NO/c1-11(2,3)10(15)14-6-4-8(5-7-14)9(12)13/h8-9H,4-7H2,1-3H3. The number of alkyl halides is 2. The molecule has 0 aromatic heterocycles. The summed E-state index contributed by atoms with van der Waals surface area (Å²) in [6.45, 7) is 6.52. The summed E-state index contributed by atoms with van der Waals surface area (Å²) in [6.07, 6.45) is -1.38. The minimum absolute atomic E-state index is 0.0650. The first kappa shape index (κ1) is 12.4. The summed E-state index contributed by atoms with van der Waals surface area (Å²) in [5, 5.41) is 0. The molecule has 1 rings (SSSR count). The van der Waals surface area contributed by atoms with E-state index in [1.807, 2.05) is 20.8 Å². The summed E-state index contributed by atoms with van der Waals surface area (Å²) >= 11 is 0. The minimum atomic E-state index is -2.24. The number of halogens is 2. The largest absolute Gasteiger partial charge is 0.342 e. The van der Waals surface area contributed by atoms with Crippen molar-refractivity contribution in [3.05, 3.63) is 0 Å². The molecule has 1 heterocycles. The van der Waals surface area contributed by atoms with E-state index in [1.165, 1.54) is 0 Å². The molecule has 0 aromatic carbocycles. The van der Waals surface area contributed by atoms with Crippen molar-refractivity contribution in [1.82, 2.24) is 4.90 Å². The highest BCUT2D eigenvalue weighted by atomic mass is 19.3. The number of carbonyl (C=O) groups excluding carboxylic acids is 1. The van der Waals surface area contributed by atoms with E-state index in [4.69, 9.17) is 0 Å². The highest BCUT2D eigenvalue weighted by Gasteiger charge is 2.32. The van der Waals surface area contributed by atoms with Crippen LogP contribution in [0.4, 0.5) is 8.78 Å². The zero-order chi connectivity index (χ0) is 11.6. The normalized spacial score (nSPS) is 19.7. The van der Waals surface area contributed by atoms with Crippen LogP contribution in [0.25, 0.3) is 0 Å². The first-order chi connectivity index (χ1) is 6.82. The Morgan fingerprint density at radius 2 is 1.73 bits per heavy atom. The SMILES string of the molecule is CC(C)(C)C(=O)N1CCC(C(F)F)CC1. The maximum absolute atomic E-state index is 12.4. The van der Waals surface area contributed by atoms with Crippen molar-refractivity contribution >= 4 is 5.91 Å². The molecule has 0 unspecified atom stereocenters. The fourth-order valence-corrected chi connectivity index (χ4v) is 1.83. The Morgan fingerprint density at radius 1 is 1.27 bits per heavy atom. The second-order valence-electron chi connectivity index (χ2n) is 5.21. The number of piperidine rings is 1. The molecule has 0 saturated carbocycles. The van der Waals surface area contributed by atoms with Crippen molar-refractivity contribution in [2.24, 2.45) is 11.3 Å². The molecule has 0 bridgehead atoms. The fourth-order valence-electron chi connectivity index (χ4n) is 1.83. The van der Waals surface area contributed by atoms with Crippen molar-refractivity contribution < 1.29 is 13.6 Å². The molecule has 0 atom stereocenters. The summed E-state index contributed by atoms with van der Waals surface area (Å²) in [5.74, 6) is -0.454. The van der Waals surface area contributed by atoms with Crippen molar-refractivity contribution in [1.29, 1.82) is 0 Å². The van der Waals surface area contributed by atoms with Gasteiger partial charge in [0, 0.05) is 24.4 Å². The number of amides is 1. The number of likely N-dealkylation sites (tertiary alicyclic amines) is 1. The first-order valence-corrected chi connectivity index (χ1v) is 5.40. The highest BCUT2D eigenvalue weighted by molar-refractivity contribution is 5.81. The first-order valence-electron chi connectivity index (χ1n) is 5.40. The molecule has 1 saturated heterocycles. The molecule has 1 aliphatic heterocycles. The number of carbonyl (C=O) groups is 1. The second-order valence-corrected chi connectivity index (χ2v) is 5.21. The zero-order valence-electron chi connectivity index (χ0n) is 9.59. The maximum atomic E-state index is 12.4. The molecule has 15 heavy (non-hydrogen) atoms. The average molecular weight is 219 g/mol. The summed E-state index contributed by atoms with van der Waals surface area (Å²) in [7, 11) is 0. The number of hydrogen-bond acceptors (Lipinski definition) is 1. The molecule has 1 aliphatic rings. The van der Waals surface area contributed by atoms with Crippen LogP contribution in [0.15, 0.2) is 0 Å². The maximum Gasteiger partial charge on any atom is 0.241 e. The van der Waals surface area contributed by atoms with Crippen LogP contribution >= 0.6 is 0 Å². The summed E-state index contributed by atoms with van der Waals surface area (Å²) in [5.41, 5.74) is -0.405. The quantitative estimate of drug-likeness (QED) is 0.663. The minimum Gasteiger partial charge on any atom is -0.342 e. The van der Waals surface area contributed by atoms with Crippen LogP contribution in [-0.4, -0.2) is 30.3 Å².